The molecule has 0 bridgehead atoms. The first-order chi connectivity index (χ1) is 65.7. The van der Waals surface area contributed by atoms with E-state index in [1.54, 1.807) is 6.92 Å². The highest BCUT2D eigenvalue weighted by Gasteiger charge is 2.37. The van der Waals surface area contributed by atoms with Crippen molar-refractivity contribution in [2.45, 2.75) is 462 Å². The second kappa shape index (κ2) is 102. The summed E-state index contributed by atoms with van der Waals surface area (Å²) >= 11 is 0. The van der Waals surface area contributed by atoms with E-state index < -0.39 is 168 Å². The highest BCUT2D eigenvalue weighted by Crippen LogP contribution is 2.30. The van der Waals surface area contributed by atoms with Gasteiger partial charge in [0, 0.05) is 20.3 Å². The average Bonchev–Trinajstić information content (AvgIpc) is 1.73. The van der Waals surface area contributed by atoms with Crippen molar-refractivity contribution >= 4 is 83.6 Å². The molecule has 0 aromatic rings. The van der Waals surface area contributed by atoms with Crippen LogP contribution in [0.15, 0.2) is 12.2 Å². The second-order valence-corrected chi connectivity index (χ2v) is 36.6. The maximum absolute atomic E-state index is 10.4. The number of methoxy groups -OCH3 is 1. The van der Waals surface area contributed by atoms with Crippen molar-refractivity contribution in [3.8, 4) is 0 Å². The lowest BCUT2D eigenvalue weighted by molar-refractivity contribution is -0.143. The Balaban J connectivity index is -0.000000164. The van der Waals surface area contributed by atoms with Gasteiger partial charge in [-0.3, -0.25) is 67.1 Å². The maximum atomic E-state index is 10.4. The fraction of sp³-hybridized carbons (Fsp3) is 0.835. The summed E-state index contributed by atoms with van der Waals surface area (Å²) in [4.78, 5) is 143. The van der Waals surface area contributed by atoms with Crippen molar-refractivity contribution in [2.24, 2.45) is 110 Å². The molecule has 836 valence electrons. The first-order valence-electron chi connectivity index (χ1n) is 50.2. The highest BCUT2D eigenvalue weighted by molar-refractivity contribution is 5.79. The van der Waals surface area contributed by atoms with Gasteiger partial charge in [0.1, 0.15) is 84.1 Å². The van der Waals surface area contributed by atoms with E-state index in [4.69, 9.17) is 156 Å². The van der Waals surface area contributed by atoms with Gasteiger partial charge in [-0.05, 0) is 139 Å². The minimum Gasteiger partial charge on any atom is -0.480 e. The van der Waals surface area contributed by atoms with Crippen molar-refractivity contribution in [3.05, 3.63) is 12.2 Å². The van der Waals surface area contributed by atoms with Gasteiger partial charge in [0.2, 0.25) is 0 Å². The van der Waals surface area contributed by atoms with Gasteiger partial charge in [0.05, 0.1) is 6.61 Å². The number of hydrogen-bond donors (Lipinski definition) is 28. The number of rotatable bonds is 53. The number of carboxylic acids is 14. The third kappa shape index (κ3) is 109. The largest absolute Gasteiger partial charge is 0.480 e. The molecule has 0 aromatic heterocycles. The van der Waals surface area contributed by atoms with Gasteiger partial charge in [-0.1, -0.05) is 274 Å². The minimum absolute atomic E-state index is 0.0718. The molecule has 4 rings (SSSR count). The van der Waals surface area contributed by atoms with Crippen LogP contribution in [0, 0.1) is 29.6 Å². The van der Waals surface area contributed by atoms with E-state index in [1.165, 1.54) is 129 Å². The molecule has 0 heterocycles. The number of carbonyl (C=O) groups is 14. The SMILES string of the molecule is C=C(C)C[C@H](N)C(=O)O.CC(C)CC[C@H](N)C(=O)O.CCCCCC[C@@H](N)C(=O)O.CCCCCC[C@H](N)C(=O)O.CCCCOC[C@H](N)C(=O)O.CCCC[C@H](N)C(=O)O.CCC[C@@H](N)C(=O)O.CCC[C@H](N)C(=O)O.CC[C@H](C)[C@H](N)C(=O)O.COCC[C@H](N)C(=O)O.NC1(C(=O)O)CCCC1.N[C@@H](CC1CCCCC1)C(=O)O.N[C@@H](CCC1CCCCC1)C(=O)O.N[C@H](CC1CCCCC1)C(=O)O. The highest BCUT2D eigenvalue weighted by atomic mass is 16.5. The topological polar surface area (TPSA) is 905 Å². The Morgan fingerprint density at radius 2 is 0.603 bits per heavy atom. The van der Waals surface area contributed by atoms with Crippen LogP contribution in [0.4, 0.5) is 0 Å². The lowest BCUT2D eigenvalue weighted by atomic mass is 9.85. The normalized spacial score (nSPS) is 16.3. The fourth-order valence-electron chi connectivity index (χ4n) is 12.7. The molecule has 0 spiro atoms. The number of nitrogens with two attached hydrogens (primary N) is 14. The van der Waals surface area contributed by atoms with Crippen LogP contribution in [0.2, 0.25) is 0 Å². The van der Waals surface area contributed by atoms with Crippen LogP contribution in [0.5, 0.6) is 0 Å². The van der Waals surface area contributed by atoms with Gasteiger partial charge in [-0.25, -0.2) is 0 Å². The lowest BCUT2D eigenvalue weighted by Crippen LogP contribution is -2.44. The molecule has 4 aliphatic rings. The molecule has 0 aliphatic heterocycles. The van der Waals surface area contributed by atoms with Crippen molar-refractivity contribution in [2.75, 3.05) is 26.9 Å². The molecule has 0 radical (unpaired) electrons. The number of ether oxygens (including phenoxy) is 2. The van der Waals surface area contributed by atoms with Crippen LogP contribution >= 0.6 is 0 Å². The molecule has 0 aromatic carbocycles. The van der Waals surface area contributed by atoms with E-state index in [0.29, 0.717) is 114 Å². The van der Waals surface area contributed by atoms with Crippen molar-refractivity contribution < 1.29 is 148 Å². The molecule has 0 amide bonds. The molecular weight excluding hydrogens is 1840 g/mol. The predicted molar refractivity (Wildman–Crippen MR) is 546 cm³/mol. The molecule has 44 nitrogen and oxygen atoms in total. The summed E-state index contributed by atoms with van der Waals surface area (Å²) in [6.45, 7) is 26.3. The van der Waals surface area contributed by atoms with E-state index in [9.17, 15) is 67.1 Å². The summed E-state index contributed by atoms with van der Waals surface area (Å²) in [5.74, 6) is -10.2. The van der Waals surface area contributed by atoms with Crippen LogP contribution in [0.1, 0.15) is 378 Å². The quantitative estimate of drug-likeness (QED) is 0.0199. The zero-order chi connectivity index (χ0) is 111. The molecule has 44 heteroatoms. The lowest BCUT2D eigenvalue weighted by Gasteiger charge is -2.22. The molecule has 4 fully saturated rings. The number of carboxylic acid groups (broad SMARTS) is 14. The molecule has 141 heavy (non-hydrogen) atoms. The van der Waals surface area contributed by atoms with E-state index in [0.717, 1.165) is 108 Å². The van der Waals surface area contributed by atoms with Crippen LogP contribution in [0.25, 0.3) is 0 Å². The van der Waals surface area contributed by atoms with E-state index in [-0.39, 0.29) is 12.5 Å². The first kappa shape index (κ1) is 153. The predicted octanol–water partition coefficient (Wildman–Crippen LogP) is 9.85. The molecule has 42 N–H and O–H groups in total. The molecule has 14 atom stereocenters. The third-order valence-electron chi connectivity index (χ3n) is 22.5. The molecule has 4 saturated carbocycles. The van der Waals surface area contributed by atoms with E-state index in [1.807, 2.05) is 41.5 Å². The second-order valence-electron chi connectivity index (χ2n) is 36.6. The minimum atomic E-state index is -1.01. The van der Waals surface area contributed by atoms with Crippen molar-refractivity contribution in [3.63, 3.8) is 0 Å². The molecule has 4 aliphatic carbocycles. The summed E-state index contributed by atoms with van der Waals surface area (Å²) in [5.41, 5.74) is 73.8. The smallest absolute Gasteiger partial charge is 0.323 e. The Labute approximate surface area is 839 Å². The summed E-state index contributed by atoms with van der Waals surface area (Å²) in [7, 11) is 1.51. The molecular formula is C97H198N14O30. The van der Waals surface area contributed by atoms with Crippen molar-refractivity contribution in [1.29, 1.82) is 0 Å². The maximum Gasteiger partial charge on any atom is 0.323 e. The van der Waals surface area contributed by atoms with Crippen LogP contribution in [0.3, 0.4) is 0 Å². The van der Waals surface area contributed by atoms with Crippen molar-refractivity contribution in [1.82, 2.24) is 0 Å². The number of hydrogen-bond acceptors (Lipinski definition) is 30. The number of aliphatic carboxylic acids is 14. The van der Waals surface area contributed by atoms with Gasteiger partial charge in [-0.15, -0.1) is 6.58 Å². The van der Waals surface area contributed by atoms with Gasteiger partial charge in [-0.2, -0.15) is 0 Å². The average molecular weight is 2040 g/mol. The Kier molecular flexibility index (Phi) is 110. The summed E-state index contributed by atoms with van der Waals surface area (Å²) in [6.07, 6.45) is 45.2. The van der Waals surface area contributed by atoms with Gasteiger partial charge >= 0.3 is 83.6 Å². The van der Waals surface area contributed by atoms with E-state index >= 15 is 0 Å². The zero-order valence-corrected chi connectivity index (χ0v) is 87.3. The monoisotopic (exact) mass is 2040 g/mol. The van der Waals surface area contributed by atoms with Gasteiger partial charge in [0.25, 0.3) is 0 Å². The van der Waals surface area contributed by atoms with Crippen LogP contribution < -0.4 is 80.3 Å². The van der Waals surface area contributed by atoms with Crippen LogP contribution in [-0.2, 0) is 76.6 Å². The molecule has 0 saturated heterocycles. The van der Waals surface area contributed by atoms with Gasteiger partial charge < -0.3 is 161 Å². The summed E-state index contributed by atoms with van der Waals surface area (Å²) in [6, 6.07) is -9.09. The number of unbranched alkanes of at least 4 members (excludes halogenated alkanes) is 8. The van der Waals surface area contributed by atoms with E-state index in [2.05, 4.69) is 39.0 Å². The first-order valence-corrected chi connectivity index (χ1v) is 50.2. The zero-order valence-electron chi connectivity index (χ0n) is 87.3. The Morgan fingerprint density at radius 3 is 0.844 bits per heavy atom. The Bertz CT molecular complexity index is 3020. The molecule has 0 unspecified atom stereocenters. The van der Waals surface area contributed by atoms with Crippen LogP contribution in [-0.4, -0.2) is 266 Å². The summed E-state index contributed by atoms with van der Waals surface area (Å²) < 4.78 is 9.61. The third-order valence-corrected chi connectivity index (χ3v) is 22.5. The Hall–Kier alpha value is -8.32. The fourth-order valence-corrected chi connectivity index (χ4v) is 12.7. The standard InChI is InChI=1S/C10H19NO2.2C9H17NO2.2C8H17NO2.C7H15NO3.C7H15NO2.2C6H11NO2.2C6H13NO2.C5H11NO3.2C5H11NO2/c11-9(10(12)13)7-6-8-4-2-1-3-5-8;2*10-8(9(11)12)6-7-4-2-1-3-5-7;2*1-2-3-4-5-6-7(9)8(10)11;1-2-3-4-11-5-6(8)7(9)10;1-5(2)3-4-6(8)7(9)10;7-6(5(8)9)3-1-2-4-6;1-4(2)3-5(7)6(8)9;1-3-4(2)5(7)6(8)9;1-2-3-4-5(7)6(8)9;1-9-3-2-4(6)5(7)8;2*1-2-3-4(6)5(7)8/h8-9H,1-7,11H2,(H,12,13);2*7-8H,1-6,10H2,(H,11,12);2*7H,2-6,9H2,1H3,(H,10,11);6H,2-5,8H2,1H3,(H,9,10);5-6H,3-4,8H2,1-2H3,(H,9,10);1-4,7H2,(H,8,9);5H,1,3,7H2,2H3,(H,8,9);4-5H,3,7H2,1-2H3,(H,8,9);5H,2-4,7H2,1H3,(H,8,9);4H,2-3,6H2,1H3,(H,7,8);2*4H,2-3,6H2,1H3,(H,7,8)/t9-;2*8-;2*7-;2*6-;;5-;4-,5-;5-;3*4-/m0101000.000010/s1. The summed E-state index contributed by atoms with van der Waals surface area (Å²) in [5, 5.41) is 117. The van der Waals surface area contributed by atoms with Gasteiger partial charge in [0.15, 0.2) is 0 Å². The Morgan fingerprint density at radius 1 is 0.312 bits per heavy atom.